The highest BCUT2D eigenvalue weighted by Crippen LogP contribution is 2.25. The Kier molecular flexibility index (Phi) is 2.87. The van der Waals surface area contributed by atoms with Crippen LogP contribution >= 0.6 is 0 Å². The summed E-state index contributed by atoms with van der Waals surface area (Å²) in [5.41, 5.74) is 2.95. The van der Waals surface area contributed by atoms with Gasteiger partial charge in [-0.25, -0.2) is 17.9 Å². The average Bonchev–Trinajstić information content (AvgIpc) is 2.86. The first-order valence-corrected chi connectivity index (χ1v) is 7.83. The van der Waals surface area contributed by atoms with Gasteiger partial charge in [-0.05, 0) is 24.1 Å². The van der Waals surface area contributed by atoms with Crippen LogP contribution in [0.4, 0.5) is 0 Å². The van der Waals surface area contributed by atoms with Crippen molar-refractivity contribution in [1.82, 2.24) is 18.9 Å². The Morgan fingerprint density at radius 2 is 2.21 bits per heavy atom. The van der Waals surface area contributed by atoms with Gasteiger partial charge in [-0.3, -0.25) is 0 Å². The average molecular weight is 278 g/mol. The molecule has 0 unspecified atom stereocenters. The molecule has 0 fully saturated rings. The summed E-state index contributed by atoms with van der Waals surface area (Å²) in [5, 5.41) is 4.10. The fourth-order valence-electron chi connectivity index (χ4n) is 2.29. The minimum absolute atomic E-state index is 0.420. The molecule has 3 heterocycles. The Morgan fingerprint density at radius 3 is 2.89 bits per heavy atom. The van der Waals surface area contributed by atoms with Gasteiger partial charge in [-0.2, -0.15) is 9.40 Å². The third-order valence-electron chi connectivity index (χ3n) is 3.29. The van der Waals surface area contributed by atoms with Crippen molar-refractivity contribution in [2.24, 2.45) is 0 Å². The van der Waals surface area contributed by atoms with Gasteiger partial charge in [0.1, 0.15) is 6.33 Å². The summed E-state index contributed by atoms with van der Waals surface area (Å²) in [7, 11) is -3.11. The van der Waals surface area contributed by atoms with E-state index in [-0.39, 0.29) is 0 Å². The van der Waals surface area contributed by atoms with Crippen LogP contribution in [-0.2, 0) is 10.0 Å². The van der Waals surface area contributed by atoms with E-state index < -0.39 is 10.0 Å². The molecule has 1 aliphatic heterocycles. The van der Waals surface area contributed by atoms with Crippen LogP contribution in [0.1, 0.15) is 12.0 Å². The summed E-state index contributed by atoms with van der Waals surface area (Å²) in [5.74, 6) is 0. The van der Waals surface area contributed by atoms with Crippen molar-refractivity contribution in [2.75, 3.05) is 19.3 Å². The molecule has 0 spiro atoms. The SMILES string of the molecule is CS(=O)(=O)N1CC=C(c2cccn3ncnc23)CC1. The molecule has 100 valence electrons. The molecule has 0 N–H and O–H groups in total. The maximum Gasteiger partial charge on any atom is 0.211 e. The third kappa shape index (κ3) is 2.26. The molecular weight excluding hydrogens is 264 g/mol. The molecule has 19 heavy (non-hydrogen) atoms. The number of pyridine rings is 1. The highest BCUT2D eigenvalue weighted by Gasteiger charge is 2.21. The lowest BCUT2D eigenvalue weighted by molar-refractivity contribution is 0.446. The van der Waals surface area contributed by atoms with Crippen LogP contribution in [0.3, 0.4) is 0 Å². The first kappa shape index (κ1) is 12.3. The molecule has 0 aromatic carbocycles. The Hall–Kier alpha value is -1.73. The van der Waals surface area contributed by atoms with Gasteiger partial charge >= 0.3 is 0 Å². The lowest BCUT2D eigenvalue weighted by atomic mass is 10.0. The van der Waals surface area contributed by atoms with E-state index >= 15 is 0 Å². The highest BCUT2D eigenvalue weighted by atomic mass is 32.2. The van der Waals surface area contributed by atoms with Crippen molar-refractivity contribution in [3.05, 3.63) is 36.3 Å². The van der Waals surface area contributed by atoms with Gasteiger partial charge in [-0.1, -0.05) is 6.08 Å². The molecule has 0 radical (unpaired) electrons. The maximum atomic E-state index is 11.5. The molecule has 2 aromatic heterocycles. The molecule has 3 rings (SSSR count). The van der Waals surface area contributed by atoms with E-state index in [4.69, 9.17) is 0 Å². The number of hydrogen-bond acceptors (Lipinski definition) is 4. The van der Waals surface area contributed by atoms with E-state index in [9.17, 15) is 8.42 Å². The third-order valence-corrected chi connectivity index (χ3v) is 4.56. The first-order chi connectivity index (χ1) is 9.05. The standard InChI is InChI=1S/C12H14N4O2S/c1-19(17,18)15-7-4-10(5-8-15)11-3-2-6-16-12(11)13-9-14-16/h2-4,6,9H,5,7-8H2,1H3. The van der Waals surface area contributed by atoms with Crippen LogP contribution in [0.5, 0.6) is 0 Å². The molecule has 0 saturated carbocycles. The van der Waals surface area contributed by atoms with Crippen LogP contribution in [0.25, 0.3) is 11.2 Å². The van der Waals surface area contributed by atoms with Gasteiger partial charge in [0.25, 0.3) is 0 Å². The van der Waals surface area contributed by atoms with Gasteiger partial charge in [0.05, 0.1) is 6.26 Å². The minimum atomic E-state index is -3.11. The predicted molar refractivity (Wildman–Crippen MR) is 72.0 cm³/mol. The van der Waals surface area contributed by atoms with Crippen LogP contribution in [0, 0.1) is 0 Å². The summed E-state index contributed by atoms with van der Waals surface area (Å²) >= 11 is 0. The number of sulfonamides is 1. The van der Waals surface area contributed by atoms with Crippen molar-refractivity contribution in [2.45, 2.75) is 6.42 Å². The van der Waals surface area contributed by atoms with Crippen molar-refractivity contribution in [1.29, 1.82) is 0 Å². The quantitative estimate of drug-likeness (QED) is 0.814. The second-order valence-electron chi connectivity index (χ2n) is 4.55. The number of fused-ring (bicyclic) bond motifs is 1. The zero-order valence-corrected chi connectivity index (χ0v) is 11.3. The summed E-state index contributed by atoms with van der Waals surface area (Å²) in [6, 6.07) is 3.91. The molecule has 2 aromatic rings. The Morgan fingerprint density at radius 1 is 1.37 bits per heavy atom. The van der Waals surface area contributed by atoms with E-state index in [2.05, 4.69) is 10.1 Å². The summed E-state index contributed by atoms with van der Waals surface area (Å²) in [4.78, 5) is 4.24. The molecular formula is C12H14N4O2S. The second kappa shape index (κ2) is 4.43. The molecule has 0 aliphatic carbocycles. The molecule has 0 bridgehead atoms. The predicted octanol–water partition coefficient (Wildman–Crippen LogP) is 0.778. The molecule has 0 amide bonds. The first-order valence-electron chi connectivity index (χ1n) is 5.98. The van der Waals surface area contributed by atoms with Crippen molar-refractivity contribution in [3.8, 4) is 0 Å². The Labute approximate surface area is 111 Å². The summed E-state index contributed by atoms with van der Waals surface area (Å²) < 4.78 is 26.1. The van der Waals surface area contributed by atoms with Crippen LogP contribution in [-0.4, -0.2) is 46.7 Å². The van der Waals surface area contributed by atoms with E-state index in [0.29, 0.717) is 19.5 Å². The van der Waals surface area contributed by atoms with Gasteiger partial charge < -0.3 is 0 Å². The summed E-state index contributed by atoms with van der Waals surface area (Å²) in [6.45, 7) is 0.934. The highest BCUT2D eigenvalue weighted by molar-refractivity contribution is 7.88. The van der Waals surface area contributed by atoms with Crippen LogP contribution in [0.15, 0.2) is 30.7 Å². The van der Waals surface area contributed by atoms with E-state index in [1.807, 2.05) is 24.4 Å². The monoisotopic (exact) mass is 278 g/mol. The fourth-order valence-corrected chi connectivity index (χ4v) is 3.06. The minimum Gasteiger partial charge on any atom is -0.221 e. The molecule has 7 heteroatoms. The van der Waals surface area contributed by atoms with Crippen molar-refractivity contribution in [3.63, 3.8) is 0 Å². The zero-order chi connectivity index (χ0) is 13.5. The van der Waals surface area contributed by atoms with E-state index in [0.717, 1.165) is 16.8 Å². The van der Waals surface area contributed by atoms with Crippen molar-refractivity contribution < 1.29 is 8.42 Å². The Balaban J connectivity index is 1.96. The second-order valence-corrected chi connectivity index (χ2v) is 6.53. The maximum absolute atomic E-state index is 11.5. The van der Waals surface area contributed by atoms with E-state index in [1.165, 1.54) is 16.9 Å². The molecule has 6 nitrogen and oxygen atoms in total. The van der Waals surface area contributed by atoms with Gasteiger partial charge in [-0.15, -0.1) is 0 Å². The number of rotatable bonds is 2. The van der Waals surface area contributed by atoms with Gasteiger partial charge in [0, 0.05) is 24.8 Å². The molecule has 0 atom stereocenters. The smallest absolute Gasteiger partial charge is 0.211 e. The summed E-state index contributed by atoms with van der Waals surface area (Å²) in [6.07, 6.45) is 7.25. The topological polar surface area (TPSA) is 67.6 Å². The molecule has 1 aliphatic rings. The van der Waals surface area contributed by atoms with Crippen molar-refractivity contribution >= 4 is 21.2 Å². The van der Waals surface area contributed by atoms with Crippen LogP contribution < -0.4 is 0 Å². The number of nitrogens with zero attached hydrogens (tertiary/aromatic N) is 4. The zero-order valence-electron chi connectivity index (χ0n) is 10.5. The van der Waals surface area contributed by atoms with Gasteiger partial charge in [0.2, 0.25) is 10.0 Å². The lowest BCUT2D eigenvalue weighted by Crippen LogP contribution is -2.33. The van der Waals surface area contributed by atoms with E-state index in [1.54, 1.807) is 4.52 Å². The largest absolute Gasteiger partial charge is 0.221 e. The fraction of sp³-hybridized carbons (Fsp3) is 0.333. The van der Waals surface area contributed by atoms with Crippen LogP contribution in [0.2, 0.25) is 0 Å². The lowest BCUT2D eigenvalue weighted by Gasteiger charge is -2.24. The molecule has 0 saturated heterocycles. The number of hydrogen-bond donors (Lipinski definition) is 0. The Bertz CT molecular complexity index is 748. The van der Waals surface area contributed by atoms with Gasteiger partial charge in [0.15, 0.2) is 5.65 Å². The normalized spacial score (nSPS) is 17.6. The number of aromatic nitrogens is 3.